The summed E-state index contributed by atoms with van der Waals surface area (Å²) in [7, 11) is 0. The zero-order valence-corrected chi connectivity index (χ0v) is 9.43. The molecule has 4 nitrogen and oxygen atoms in total. The molecule has 0 aromatic heterocycles. The van der Waals surface area contributed by atoms with Crippen molar-refractivity contribution in [3.63, 3.8) is 0 Å². The van der Waals surface area contributed by atoms with Crippen molar-refractivity contribution in [2.45, 2.75) is 25.4 Å². The number of rotatable bonds is 3. The first kappa shape index (κ1) is 11.6. The third-order valence-electron chi connectivity index (χ3n) is 2.61. The largest absolute Gasteiger partial charge is 0.459 e. The molecule has 17 heavy (non-hydrogen) atoms. The standard InChI is InChI=1S/C13H14O4/c14-12-8-4-7-11(17-12)9-16-13(15)10-5-2-1-3-6-10/h1-3,5-6,11H,4,7-9H2. The van der Waals surface area contributed by atoms with Gasteiger partial charge in [-0.05, 0) is 25.0 Å². The predicted octanol–water partition coefficient (Wildman–Crippen LogP) is 1.94. The molecular weight excluding hydrogens is 220 g/mol. The van der Waals surface area contributed by atoms with Crippen molar-refractivity contribution in [2.24, 2.45) is 0 Å². The van der Waals surface area contributed by atoms with E-state index in [-0.39, 0.29) is 24.6 Å². The molecule has 0 saturated carbocycles. The Morgan fingerprint density at radius 1 is 1.35 bits per heavy atom. The molecule has 0 bridgehead atoms. The highest BCUT2D eigenvalue weighted by Gasteiger charge is 2.21. The Bertz CT molecular complexity index is 399. The highest BCUT2D eigenvalue weighted by atomic mass is 16.6. The minimum atomic E-state index is -0.382. The van der Waals surface area contributed by atoms with Crippen molar-refractivity contribution >= 4 is 11.9 Å². The van der Waals surface area contributed by atoms with Gasteiger partial charge >= 0.3 is 11.9 Å². The summed E-state index contributed by atoms with van der Waals surface area (Å²) in [5.74, 6) is -0.593. The molecule has 1 heterocycles. The predicted molar refractivity (Wildman–Crippen MR) is 60.5 cm³/mol. The fourth-order valence-electron chi connectivity index (χ4n) is 1.72. The summed E-state index contributed by atoms with van der Waals surface area (Å²) >= 11 is 0. The van der Waals surface area contributed by atoms with Crippen LogP contribution in [0.3, 0.4) is 0 Å². The highest BCUT2D eigenvalue weighted by molar-refractivity contribution is 5.89. The van der Waals surface area contributed by atoms with E-state index in [9.17, 15) is 9.59 Å². The van der Waals surface area contributed by atoms with Crippen LogP contribution in [0.15, 0.2) is 30.3 Å². The van der Waals surface area contributed by atoms with Crippen LogP contribution in [0, 0.1) is 0 Å². The molecule has 1 aliphatic rings. The van der Waals surface area contributed by atoms with Crippen LogP contribution in [0.5, 0.6) is 0 Å². The van der Waals surface area contributed by atoms with Crippen LogP contribution in [0.4, 0.5) is 0 Å². The van der Waals surface area contributed by atoms with Gasteiger partial charge in [0.25, 0.3) is 0 Å². The molecule has 1 aromatic carbocycles. The number of esters is 2. The van der Waals surface area contributed by atoms with Crippen molar-refractivity contribution in [1.29, 1.82) is 0 Å². The summed E-state index contributed by atoms with van der Waals surface area (Å²) in [6.07, 6.45) is 1.73. The Hall–Kier alpha value is -1.84. The van der Waals surface area contributed by atoms with Gasteiger partial charge in [0.2, 0.25) is 0 Å². The first-order valence-electron chi connectivity index (χ1n) is 5.67. The first-order chi connectivity index (χ1) is 8.25. The number of benzene rings is 1. The lowest BCUT2D eigenvalue weighted by atomic mass is 10.1. The molecule has 4 heteroatoms. The van der Waals surface area contributed by atoms with E-state index in [2.05, 4.69) is 0 Å². The van der Waals surface area contributed by atoms with E-state index < -0.39 is 0 Å². The molecule has 0 aliphatic carbocycles. The number of carbonyl (C=O) groups is 2. The Morgan fingerprint density at radius 3 is 2.82 bits per heavy atom. The minimum absolute atomic E-state index is 0.138. The van der Waals surface area contributed by atoms with Gasteiger partial charge in [-0.2, -0.15) is 0 Å². The van der Waals surface area contributed by atoms with Gasteiger partial charge in [0.1, 0.15) is 12.7 Å². The van der Waals surface area contributed by atoms with Gasteiger partial charge in [-0.15, -0.1) is 0 Å². The number of hydrogen-bond donors (Lipinski definition) is 0. The van der Waals surface area contributed by atoms with Crippen LogP contribution in [-0.2, 0) is 14.3 Å². The maximum atomic E-state index is 11.6. The highest BCUT2D eigenvalue weighted by Crippen LogP contribution is 2.14. The molecule has 1 aliphatic heterocycles. The maximum Gasteiger partial charge on any atom is 0.338 e. The number of carbonyl (C=O) groups excluding carboxylic acids is 2. The van der Waals surface area contributed by atoms with Crippen LogP contribution < -0.4 is 0 Å². The number of hydrogen-bond acceptors (Lipinski definition) is 4. The van der Waals surface area contributed by atoms with Gasteiger partial charge in [0.05, 0.1) is 5.56 Å². The normalized spacial score (nSPS) is 19.5. The third kappa shape index (κ3) is 3.31. The Morgan fingerprint density at radius 2 is 2.12 bits per heavy atom. The fraction of sp³-hybridized carbons (Fsp3) is 0.385. The topological polar surface area (TPSA) is 52.6 Å². The monoisotopic (exact) mass is 234 g/mol. The minimum Gasteiger partial charge on any atom is -0.459 e. The molecule has 0 amide bonds. The summed E-state index contributed by atoms with van der Waals surface area (Å²) in [4.78, 5) is 22.6. The van der Waals surface area contributed by atoms with E-state index in [4.69, 9.17) is 9.47 Å². The fourth-order valence-corrected chi connectivity index (χ4v) is 1.72. The van der Waals surface area contributed by atoms with E-state index in [1.165, 1.54) is 0 Å². The van der Waals surface area contributed by atoms with Crippen molar-refractivity contribution in [3.8, 4) is 0 Å². The van der Waals surface area contributed by atoms with Crippen LogP contribution in [0.1, 0.15) is 29.6 Å². The quantitative estimate of drug-likeness (QED) is 0.750. The second kappa shape index (κ2) is 5.48. The lowest BCUT2D eigenvalue weighted by molar-refractivity contribution is -0.156. The zero-order chi connectivity index (χ0) is 12.1. The van der Waals surface area contributed by atoms with Crippen molar-refractivity contribution in [1.82, 2.24) is 0 Å². The Kier molecular flexibility index (Phi) is 3.75. The summed E-state index contributed by atoms with van der Waals surface area (Å²) in [6, 6.07) is 8.76. The molecule has 1 aromatic rings. The Labute approximate surface area is 99.5 Å². The summed E-state index contributed by atoms with van der Waals surface area (Å²) in [5.41, 5.74) is 0.509. The van der Waals surface area contributed by atoms with Crippen molar-refractivity contribution < 1.29 is 19.1 Å². The van der Waals surface area contributed by atoms with E-state index in [0.717, 1.165) is 12.8 Å². The van der Waals surface area contributed by atoms with E-state index in [1.54, 1.807) is 24.3 Å². The van der Waals surface area contributed by atoms with Crippen LogP contribution in [0.25, 0.3) is 0 Å². The lowest BCUT2D eigenvalue weighted by Crippen LogP contribution is -2.28. The van der Waals surface area contributed by atoms with E-state index in [0.29, 0.717) is 12.0 Å². The van der Waals surface area contributed by atoms with E-state index in [1.807, 2.05) is 6.07 Å². The molecule has 0 N–H and O–H groups in total. The average Bonchev–Trinajstić information content (AvgIpc) is 2.37. The lowest BCUT2D eigenvalue weighted by Gasteiger charge is -2.21. The van der Waals surface area contributed by atoms with Gasteiger partial charge in [0.15, 0.2) is 0 Å². The smallest absolute Gasteiger partial charge is 0.338 e. The van der Waals surface area contributed by atoms with Gasteiger partial charge in [-0.25, -0.2) is 4.79 Å². The molecule has 2 rings (SSSR count). The van der Waals surface area contributed by atoms with Gasteiger partial charge in [0, 0.05) is 6.42 Å². The molecular formula is C13H14O4. The SMILES string of the molecule is O=C1CCCC(COC(=O)c2ccccc2)O1. The van der Waals surface area contributed by atoms with E-state index >= 15 is 0 Å². The van der Waals surface area contributed by atoms with Crippen LogP contribution in [0.2, 0.25) is 0 Å². The number of cyclic esters (lactones) is 1. The molecule has 1 atom stereocenters. The average molecular weight is 234 g/mol. The first-order valence-corrected chi connectivity index (χ1v) is 5.67. The molecule has 0 spiro atoms. The van der Waals surface area contributed by atoms with Crippen LogP contribution >= 0.6 is 0 Å². The third-order valence-corrected chi connectivity index (χ3v) is 2.61. The molecule has 0 radical (unpaired) electrons. The van der Waals surface area contributed by atoms with Gasteiger partial charge in [-0.1, -0.05) is 18.2 Å². The summed E-state index contributed by atoms with van der Waals surface area (Å²) in [6.45, 7) is 0.138. The molecule has 1 saturated heterocycles. The summed E-state index contributed by atoms with van der Waals surface area (Å²) in [5, 5.41) is 0. The van der Waals surface area contributed by atoms with Crippen molar-refractivity contribution in [2.75, 3.05) is 6.61 Å². The number of ether oxygens (including phenoxy) is 2. The summed E-state index contributed by atoms with van der Waals surface area (Å²) < 4.78 is 10.2. The molecule has 1 fully saturated rings. The van der Waals surface area contributed by atoms with Gasteiger partial charge < -0.3 is 9.47 Å². The van der Waals surface area contributed by atoms with Crippen molar-refractivity contribution in [3.05, 3.63) is 35.9 Å². The van der Waals surface area contributed by atoms with Crippen LogP contribution in [-0.4, -0.2) is 24.6 Å². The second-order valence-electron chi connectivity index (χ2n) is 3.97. The maximum absolute atomic E-state index is 11.6. The second-order valence-corrected chi connectivity index (χ2v) is 3.97. The Balaban J connectivity index is 1.82. The zero-order valence-electron chi connectivity index (χ0n) is 9.43. The molecule has 90 valence electrons. The molecule has 1 unspecified atom stereocenters. The van der Waals surface area contributed by atoms with Gasteiger partial charge in [-0.3, -0.25) is 4.79 Å².